The third-order valence-electron chi connectivity index (χ3n) is 9.97. The standard InChI is InChI=1S/C20H23F3O3.C18H19F3O5/c1-12(11-25-15-5-3-4-14(9-15)20(21,22)23)6-7-16-13(2)8-18-17(16)10-19(24)26-18;19-18(20,21)10-2-1-3-12(6-10)25-9-11(22)4-5-13-14-7-17(24)26-16(14)8-15(13)23/h3-7,9,12-13,16-18H,8,10-11H2,1-2H3;1-6,11,13-16,22-23H,7-9H2/b7-6+;5-4+/t12-,13-,16+,17-,18+;11?,13-,14-,15-,16+/m11/s1. The lowest BCUT2D eigenvalue weighted by molar-refractivity contribution is -0.142. The van der Waals surface area contributed by atoms with E-state index in [0.29, 0.717) is 31.3 Å². The van der Waals surface area contributed by atoms with Crippen molar-refractivity contribution in [1.82, 2.24) is 0 Å². The zero-order valence-electron chi connectivity index (χ0n) is 28.6. The Bertz CT molecular complexity index is 1490. The molecule has 0 aromatic heterocycles. The fourth-order valence-electron chi connectivity index (χ4n) is 7.32. The molecule has 4 aliphatic rings. The normalized spacial score (nSPS) is 29.7. The van der Waals surface area contributed by atoms with Gasteiger partial charge in [-0.25, -0.2) is 0 Å². The van der Waals surface area contributed by atoms with Gasteiger partial charge in [0, 0.05) is 30.1 Å². The van der Waals surface area contributed by atoms with E-state index in [1.54, 1.807) is 6.08 Å². The van der Waals surface area contributed by atoms with Crippen molar-refractivity contribution in [3.05, 3.63) is 84.0 Å². The van der Waals surface area contributed by atoms with Crippen LogP contribution >= 0.6 is 0 Å². The van der Waals surface area contributed by atoms with Gasteiger partial charge in [0.1, 0.15) is 36.4 Å². The van der Waals surface area contributed by atoms with Crippen LogP contribution in [-0.2, 0) is 31.4 Å². The number of rotatable bonds is 10. The Labute approximate surface area is 297 Å². The van der Waals surface area contributed by atoms with Crippen molar-refractivity contribution in [3.8, 4) is 11.5 Å². The van der Waals surface area contributed by atoms with Crippen LogP contribution in [0.1, 0.15) is 50.7 Å². The van der Waals surface area contributed by atoms with Gasteiger partial charge >= 0.3 is 24.3 Å². The summed E-state index contributed by atoms with van der Waals surface area (Å²) in [6.45, 7) is 4.18. The first kappa shape index (κ1) is 39.2. The lowest BCUT2D eigenvalue weighted by Crippen LogP contribution is -2.20. The molecule has 2 aromatic rings. The quantitative estimate of drug-likeness (QED) is 0.150. The number of allylic oxidation sites excluding steroid dienone is 1. The number of hydrogen-bond acceptors (Lipinski definition) is 8. The van der Waals surface area contributed by atoms with Crippen LogP contribution in [0.3, 0.4) is 0 Å². The van der Waals surface area contributed by atoms with Crippen LogP contribution in [0.25, 0.3) is 0 Å². The highest BCUT2D eigenvalue weighted by molar-refractivity contribution is 5.73. The van der Waals surface area contributed by atoms with E-state index in [4.69, 9.17) is 18.9 Å². The number of benzene rings is 2. The van der Waals surface area contributed by atoms with Gasteiger partial charge in [0.25, 0.3) is 0 Å². The highest BCUT2D eigenvalue weighted by Gasteiger charge is 2.49. The fourth-order valence-corrected chi connectivity index (χ4v) is 7.32. The minimum absolute atomic E-state index is 0.00281. The minimum atomic E-state index is -4.46. The van der Waals surface area contributed by atoms with Gasteiger partial charge in [-0.2, -0.15) is 26.3 Å². The molecule has 1 unspecified atom stereocenters. The lowest BCUT2D eigenvalue weighted by Gasteiger charge is -2.17. The van der Waals surface area contributed by atoms with Crippen molar-refractivity contribution in [3.63, 3.8) is 0 Å². The van der Waals surface area contributed by atoms with E-state index < -0.39 is 35.7 Å². The Kier molecular flexibility index (Phi) is 12.3. The molecule has 52 heavy (non-hydrogen) atoms. The number of ether oxygens (including phenoxy) is 4. The topological polar surface area (TPSA) is 112 Å². The molecule has 14 heteroatoms. The maximum Gasteiger partial charge on any atom is 0.416 e. The number of aliphatic hydroxyl groups is 2. The van der Waals surface area contributed by atoms with Crippen molar-refractivity contribution >= 4 is 11.9 Å². The average Bonchev–Trinajstić information content (AvgIpc) is 3.78. The summed E-state index contributed by atoms with van der Waals surface area (Å²) < 4.78 is 97.4. The smallest absolute Gasteiger partial charge is 0.416 e. The maximum atomic E-state index is 12.7. The van der Waals surface area contributed by atoms with E-state index in [9.17, 15) is 46.1 Å². The number of esters is 2. The number of fused-ring (bicyclic) bond motifs is 2. The Balaban J connectivity index is 0.000000201. The van der Waals surface area contributed by atoms with E-state index in [0.717, 1.165) is 30.7 Å². The number of halogens is 6. The summed E-state index contributed by atoms with van der Waals surface area (Å²) in [5.74, 6) is 0.407. The van der Waals surface area contributed by atoms with Gasteiger partial charge in [-0.1, -0.05) is 50.3 Å². The van der Waals surface area contributed by atoms with Crippen LogP contribution in [0.15, 0.2) is 72.8 Å². The zero-order chi connectivity index (χ0) is 37.8. The summed E-state index contributed by atoms with van der Waals surface area (Å²) in [5, 5.41) is 20.0. The molecule has 0 bridgehead atoms. The van der Waals surface area contributed by atoms with Gasteiger partial charge in [0.05, 0.1) is 36.7 Å². The average molecular weight is 741 g/mol. The molecule has 8 nitrogen and oxygen atoms in total. The SMILES string of the molecule is C[C@H](/C=C/[C@@H]1[C@H]2CC(=O)O[C@H]2C[C@H]1C)COc1cccc(C(F)(F)F)c1.O=C1C[C@@H]2[C@@H](/C=C/C(O)COc3cccc(C(F)(F)F)c3)[C@H](O)C[C@@H]2O1. The molecule has 2 heterocycles. The molecule has 2 saturated carbocycles. The summed E-state index contributed by atoms with van der Waals surface area (Å²) in [6, 6.07) is 9.31. The zero-order valence-corrected chi connectivity index (χ0v) is 28.6. The Morgan fingerprint density at radius 2 is 1.29 bits per heavy atom. The van der Waals surface area contributed by atoms with E-state index in [1.807, 2.05) is 13.0 Å². The predicted octanol–water partition coefficient (Wildman–Crippen LogP) is 7.18. The molecular weight excluding hydrogens is 698 g/mol. The summed E-state index contributed by atoms with van der Waals surface area (Å²) in [5.41, 5.74) is -1.54. The van der Waals surface area contributed by atoms with Crippen LogP contribution < -0.4 is 9.47 Å². The van der Waals surface area contributed by atoms with Gasteiger partial charge < -0.3 is 29.2 Å². The molecule has 0 spiro atoms. The summed E-state index contributed by atoms with van der Waals surface area (Å²) in [6.07, 6.45) is -1.68. The van der Waals surface area contributed by atoms with E-state index in [-0.39, 0.29) is 72.3 Å². The van der Waals surface area contributed by atoms with Gasteiger partial charge in [0.2, 0.25) is 0 Å². The number of aliphatic hydroxyl groups excluding tert-OH is 2. The molecule has 4 fully saturated rings. The molecule has 2 aromatic carbocycles. The highest BCUT2D eigenvalue weighted by Crippen LogP contribution is 2.45. The number of hydrogen-bond donors (Lipinski definition) is 2. The largest absolute Gasteiger partial charge is 0.493 e. The molecule has 2 aliphatic heterocycles. The van der Waals surface area contributed by atoms with E-state index in [2.05, 4.69) is 13.0 Å². The second-order valence-electron chi connectivity index (χ2n) is 14.0. The lowest BCUT2D eigenvalue weighted by atomic mass is 9.87. The van der Waals surface area contributed by atoms with Gasteiger partial charge in [-0.15, -0.1) is 0 Å². The Hall–Kier alpha value is -4.04. The second-order valence-corrected chi connectivity index (χ2v) is 14.0. The minimum Gasteiger partial charge on any atom is -0.493 e. The third-order valence-corrected chi connectivity index (χ3v) is 9.97. The van der Waals surface area contributed by atoms with E-state index in [1.165, 1.54) is 30.3 Å². The van der Waals surface area contributed by atoms with Crippen LogP contribution in [0, 0.1) is 35.5 Å². The Morgan fingerprint density at radius 1 is 0.788 bits per heavy atom. The van der Waals surface area contributed by atoms with Gasteiger partial charge in [0.15, 0.2) is 0 Å². The molecule has 2 saturated heterocycles. The van der Waals surface area contributed by atoms with Crippen LogP contribution in [0.2, 0.25) is 0 Å². The predicted molar refractivity (Wildman–Crippen MR) is 175 cm³/mol. The number of alkyl halides is 6. The third kappa shape index (κ3) is 10.1. The van der Waals surface area contributed by atoms with Gasteiger partial charge in [-0.3, -0.25) is 9.59 Å². The second kappa shape index (κ2) is 16.3. The van der Waals surface area contributed by atoms with Crippen molar-refractivity contribution in [2.45, 2.75) is 76.3 Å². The summed E-state index contributed by atoms with van der Waals surface area (Å²) in [4.78, 5) is 22.8. The van der Waals surface area contributed by atoms with Crippen LogP contribution in [0.4, 0.5) is 26.3 Å². The van der Waals surface area contributed by atoms with E-state index >= 15 is 0 Å². The first-order valence-electron chi connectivity index (χ1n) is 17.2. The monoisotopic (exact) mass is 740 g/mol. The number of carbonyl (C=O) groups is 2. The maximum absolute atomic E-state index is 12.7. The van der Waals surface area contributed by atoms with Gasteiger partial charge in [-0.05, 0) is 54.7 Å². The molecule has 6 rings (SSSR count). The first-order valence-corrected chi connectivity index (χ1v) is 17.2. The highest BCUT2D eigenvalue weighted by atomic mass is 19.4. The van der Waals surface area contributed by atoms with Crippen LogP contribution in [-0.4, -0.2) is 59.8 Å². The van der Waals surface area contributed by atoms with Crippen molar-refractivity contribution in [2.24, 2.45) is 35.5 Å². The van der Waals surface area contributed by atoms with Crippen molar-refractivity contribution in [2.75, 3.05) is 13.2 Å². The molecule has 284 valence electrons. The van der Waals surface area contributed by atoms with Crippen LogP contribution in [0.5, 0.6) is 11.5 Å². The Morgan fingerprint density at radius 3 is 1.85 bits per heavy atom. The van der Waals surface area contributed by atoms with Crippen molar-refractivity contribution < 1.29 is 65.1 Å². The number of carbonyl (C=O) groups excluding carboxylic acids is 2. The summed E-state index contributed by atoms with van der Waals surface area (Å²) in [7, 11) is 0. The molecule has 0 radical (unpaired) electrons. The molecule has 2 N–H and O–H groups in total. The van der Waals surface area contributed by atoms with Crippen molar-refractivity contribution in [1.29, 1.82) is 0 Å². The first-order chi connectivity index (χ1) is 24.5. The molecule has 0 amide bonds. The fraction of sp³-hybridized carbons (Fsp3) is 0.526. The molecule has 2 aliphatic carbocycles. The summed E-state index contributed by atoms with van der Waals surface area (Å²) >= 11 is 0. The molecule has 10 atom stereocenters. The molecular formula is C38H42F6O8.